The molecule has 20 heavy (non-hydrogen) atoms. The molecule has 0 aliphatic rings. The van der Waals surface area contributed by atoms with Crippen molar-refractivity contribution in [3.05, 3.63) is 27.4 Å². The highest BCUT2D eigenvalue weighted by atomic mass is 19.4. The lowest BCUT2D eigenvalue weighted by atomic mass is 10.1. The van der Waals surface area contributed by atoms with E-state index in [1.54, 1.807) is 0 Å². The molecule has 1 heterocycles. The van der Waals surface area contributed by atoms with E-state index in [0.717, 1.165) is 20.1 Å². The Bertz CT molecular complexity index is 544. The number of nitro groups is 1. The summed E-state index contributed by atoms with van der Waals surface area (Å²) in [6.07, 6.45) is -5.61. The molecule has 0 amide bonds. The van der Waals surface area contributed by atoms with Crippen LogP contribution in [0.25, 0.3) is 0 Å². The highest BCUT2D eigenvalue weighted by Gasteiger charge is 2.35. The van der Waals surface area contributed by atoms with Crippen LogP contribution in [0.15, 0.2) is 6.07 Å². The van der Waals surface area contributed by atoms with Crippen molar-refractivity contribution in [3.63, 3.8) is 0 Å². The minimum absolute atomic E-state index is 0.326. The number of pyridine rings is 1. The molecule has 0 saturated heterocycles. The lowest BCUT2D eigenvalue weighted by Crippen LogP contribution is -2.20. The van der Waals surface area contributed by atoms with Crippen LogP contribution in [-0.4, -0.2) is 29.3 Å². The molecule has 0 saturated carbocycles. The van der Waals surface area contributed by atoms with Crippen molar-refractivity contribution in [2.45, 2.75) is 19.7 Å². The predicted molar refractivity (Wildman–Crippen MR) is 58.0 cm³/mol. The number of carbonyl (C=O) groups is 1. The molecule has 0 unspecified atom stereocenters. The molecule has 0 bridgehead atoms. The van der Waals surface area contributed by atoms with Crippen molar-refractivity contribution in [2.75, 3.05) is 7.11 Å². The summed E-state index contributed by atoms with van der Waals surface area (Å²) in [6.45, 7) is 1.11. The van der Waals surface area contributed by atoms with Crippen LogP contribution in [-0.2, 0) is 16.0 Å². The molecular weight excluding hydrogens is 285 g/mol. The Hall–Kier alpha value is -2.39. The zero-order chi connectivity index (χ0) is 15.5. The van der Waals surface area contributed by atoms with Crippen LogP contribution >= 0.6 is 0 Å². The molecule has 10 heteroatoms. The number of nitrogens with zero attached hydrogens (tertiary/aromatic N) is 2. The molecule has 0 radical (unpaired) electrons. The second-order valence-electron chi connectivity index (χ2n) is 3.61. The second-order valence-corrected chi connectivity index (χ2v) is 3.61. The van der Waals surface area contributed by atoms with E-state index in [2.05, 4.69) is 14.5 Å². The van der Waals surface area contributed by atoms with E-state index in [4.69, 9.17) is 0 Å². The van der Waals surface area contributed by atoms with Gasteiger partial charge in [0.05, 0.1) is 13.5 Å². The number of hydrogen-bond acceptors (Lipinski definition) is 6. The maximum Gasteiger partial charge on any atom is 0.573 e. The molecule has 1 aromatic heterocycles. The summed E-state index contributed by atoms with van der Waals surface area (Å²) in [5, 5.41) is 10.6. The van der Waals surface area contributed by atoms with Crippen LogP contribution in [0.4, 0.5) is 19.0 Å². The van der Waals surface area contributed by atoms with Gasteiger partial charge in [-0.15, -0.1) is 13.2 Å². The SMILES string of the molecule is COC(=O)Cc1cc([N+](=O)[O-])nc(C)c1OC(F)(F)F. The molecule has 7 nitrogen and oxygen atoms in total. The number of methoxy groups -OCH3 is 1. The monoisotopic (exact) mass is 294 g/mol. The molecule has 1 aromatic rings. The van der Waals surface area contributed by atoms with Crippen LogP contribution in [0, 0.1) is 17.0 Å². The maximum atomic E-state index is 12.3. The Balaban J connectivity index is 3.32. The minimum atomic E-state index is -5.01. The third-order valence-electron chi connectivity index (χ3n) is 2.17. The van der Waals surface area contributed by atoms with Gasteiger partial charge in [0, 0.05) is 18.6 Å². The van der Waals surface area contributed by atoms with Gasteiger partial charge in [0.1, 0.15) is 0 Å². The molecule has 0 fully saturated rings. The lowest BCUT2D eigenvalue weighted by molar-refractivity contribution is -0.389. The first-order valence-corrected chi connectivity index (χ1v) is 5.11. The molecule has 0 aromatic carbocycles. The van der Waals surface area contributed by atoms with Crippen molar-refractivity contribution in [1.82, 2.24) is 4.98 Å². The first-order chi connectivity index (χ1) is 9.14. The average molecular weight is 294 g/mol. The lowest BCUT2D eigenvalue weighted by Gasteiger charge is -2.12. The number of rotatable bonds is 4. The van der Waals surface area contributed by atoms with Crippen molar-refractivity contribution in [3.8, 4) is 5.75 Å². The minimum Gasteiger partial charge on any atom is -0.469 e. The summed E-state index contributed by atoms with van der Waals surface area (Å²) in [5.41, 5.74) is -0.677. The van der Waals surface area contributed by atoms with Crippen molar-refractivity contribution in [1.29, 1.82) is 0 Å². The number of esters is 1. The number of aromatic nitrogens is 1. The summed E-state index contributed by atoms with van der Waals surface area (Å²) in [4.78, 5) is 24.3. The van der Waals surface area contributed by atoms with Gasteiger partial charge >= 0.3 is 18.1 Å². The van der Waals surface area contributed by atoms with Gasteiger partial charge in [-0.1, -0.05) is 0 Å². The summed E-state index contributed by atoms with van der Waals surface area (Å²) < 4.78 is 44.9. The van der Waals surface area contributed by atoms with Crippen molar-refractivity contribution in [2.24, 2.45) is 0 Å². The van der Waals surface area contributed by atoms with Gasteiger partial charge in [-0.3, -0.25) is 4.79 Å². The molecule has 0 aliphatic carbocycles. The summed E-state index contributed by atoms with van der Waals surface area (Å²) in [7, 11) is 1.04. The first kappa shape index (κ1) is 15.7. The van der Waals surface area contributed by atoms with Crippen molar-refractivity contribution < 1.29 is 32.4 Å². The summed E-state index contributed by atoms with van der Waals surface area (Å²) in [6, 6.07) is 0.741. The smallest absolute Gasteiger partial charge is 0.469 e. The van der Waals surface area contributed by atoms with Gasteiger partial charge in [0.2, 0.25) is 0 Å². The third-order valence-corrected chi connectivity index (χ3v) is 2.17. The Kier molecular flexibility index (Phi) is 4.48. The number of alkyl halides is 3. The van der Waals surface area contributed by atoms with E-state index in [9.17, 15) is 28.1 Å². The molecule has 110 valence electrons. The standard InChI is InChI=1S/C10H9F3N2O5/c1-5-9(20-10(11,12)13)6(4-8(16)19-2)3-7(14-5)15(17)18/h3H,4H2,1-2H3. The largest absolute Gasteiger partial charge is 0.573 e. The zero-order valence-electron chi connectivity index (χ0n) is 10.4. The third kappa shape index (κ3) is 4.07. The Morgan fingerprint density at radius 2 is 2.10 bits per heavy atom. The molecule has 0 N–H and O–H groups in total. The summed E-state index contributed by atoms with van der Waals surface area (Å²) >= 11 is 0. The number of carbonyl (C=O) groups excluding carboxylic acids is 1. The Morgan fingerprint density at radius 3 is 2.55 bits per heavy atom. The maximum absolute atomic E-state index is 12.3. The topological polar surface area (TPSA) is 91.6 Å². The van der Waals surface area contributed by atoms with E-state index in [-0.39, 0.29) is 11.3 Å². The first-order valence-electron chi connectivity index (χ1n) is 5.11. The Labute approximate surface area is 110 Å². The van der Waals surface area contributed by atoms with E-state index in [1.807, 2.05) is 0 Å². The quantitative estimate of drug-likeness (QED) is 0.478. The highest BCUT2D eigenvalue weighted by molar-refractivity contribution is 5.73. The van der Waals surface area contributed by atoms with Crippen LogP contribution in [0.5, 0.6) is 5.75 Å². The van der Waals surface area contributed by atoms with E-state index < -0.39 is 35.2 Å². The van der Waals surface area contributed by atoms with Gasteiger partial charge < -0.3 is 19.6 Å². The van der Waals surface area contributed by atoms with Crippen molar-refractivity contribution >= 4 is 11.8 Å². The molecule has 0 aliphatic heterocycles. The average Bonchev–Trinajstić information content (AvgIpc) is 2.31. The Morgan fingerprint density at radius 1 is 1.50 bits per heavy atom. The normalized spacial score (nSPS) is 11.1. The molecule has 0 spiro atoms. The van der Waals surface area contributed by atoms with Gasteiger partial charge in [-0.05, 0) is 9.91 Å². The van der Waals surface area contributed by atoms with Crippen LogP contribution in [0.3, 0.4) is 0 Å². The van der Waals surface area contributed by atoms with Crippen LogP contribution < -0.4 is 4.74 Å². The second kappa shape index (κ2) is 5.72. The van der Waals surface area contributed by atoms with E-state index in [0.29, 0.717) is 0 Å². The highest BCUT2D eigenvalue weighted by Crippen LogP contribution is 2.31. The number of hydrogen-bond donors (Lipinski definition) is 0. The molecule has 1 rings (SSSR count). The molecule has 0 atom stereocenters. The van der Waals surface area contributed by atoms with Gasteiger partial charge in [-0.25, -0.2) is 0 Å². The zero-order valence-corrected chi connectivity index (χ0v) is 10.4. The number of aryl methyl sites for hydroxylation is 1. The molecular formula is C10H9F3N2O5. The van der Waals surface area contributed by atoms with Gasteiger partial charge in [-0.2, -0.15) is 0 Å². The van der Waals surface area contributed by atoms with Crippen LogP contribution in [0.2, 0.25) is 0 Å². The number of halogens is 3. The van der Waals surface area contributed by atoms with E-state index >= 15 is 0 Å². The number of ether oxygens (including phenoxy) is 2. The fraction of sp³-hybridized carbons (Fsp3) is 0.400. The van der Waals surface area contributed by atoms with Gasteiger partial charge in [0.15, 0.2) is 11.4 Å². The van der Waals surface area contributed by atoms with Gasteiger partial charge in [0.25, 0.3) is 0 Å². The predicted octanol–water partition coefficient (Wildman–Crippen LogP) is 1.91. The fourth-order valence-corrected chi connectivity index (χ4v) is 1.42. The fourth-order valence-electron chi connectivity index (χ4n) is 1.42. The van der Waals surface area contributed by atoms with Crippen LogP contribution in [0.1, 0.15) is 11.3 Å². The van der Waals surface area contributed by atoms with E-state index in [1.165, 1.54) is 0 Å². The summed E-state index contributed by atoms with van der Waals surface area (Å²) in [5.74, 6) is -2.29.